The zero-order valence-electron chi connectivity index (χ0n) is 26.3. The van der Waals surface area contributed by atoms with Crippen LogP contribution in [-0.2, 0) is 41.4 Å². The predicted molar refractivity (Wildman–Crippen MR) is 171 cm³/mol. The highest BCUT2D eigenvalue weighted by Gasteiger charge is 2.28. The molecule has 0 radical (unpaired) electrons. The summed E-state index contributed by atoms with van der Waals surface area (Å²) in [4.78, 5) is 24.6. The molecule has 1 aliphatic rings. The molecule has 1 aliphatic carbocycles. The van der Waals surface area contributed by atoms with Gasteiger partial charge in [0.2, 0.25) is 0 Å². The van der Waals surface area contributed by atoms with E-state index in [4.69, 9.17) is 33.2 Å². The number of rotatable bonds is 16. The Balaban J connectivity index is 1.73. The van der Waals surface area contributed by atoms with Gasteiger partial charge in [0.15, 0.2) is 12.2 Å². The second-order valence-corrected chi connectivity index (χ2v) is 10.8. The predicted octanol–water partition coefficient (Wildman–Crippen LogP) is 5.93. The number of methoxy groups -OCH3 is 2. The lowest BCUT2D eigenvalue weighted by atomic mass is 9.89. The first kappa shape index (κ1) is 33.3. The van der Waals surface area contributed by atoms with E-state index in [1.807, 2.05) is 60.7 Å². The zero-order chi connectivity index (χ0) is 32.3. The summed E-state index contributed by atoms with van der Waals surface area (Å²) in [6, 6.07) is 17.3. The van der Waals surface area contributed by atoms with Gasteiger partial charge in [-0.2, -0.15) is 0 Å². The summed E-state index contributed by atoms with van der Waals surface area (Å²) < 4.78 is 40.9. The van der Waals surface area contributed by atoms with Crippen LogP contribution < -0.4 is 14.2 Å². The number of carbonyl (C=O) groups is 2. The fourth-order valence-electron chi connectivity index (χ4n) is 4.85. The van der Waals surface area contributed by atoms with Gasteiger partial charge in [-0.3, -0.25) is 0 Å². The SMILES string of the molecule is C=C(C)C(=O)OC(COC)COc1c2c(c(OCC(COC)OC(=O)C(=C)C)c3ccccc13)CC(Oc1ccccc1)=CC2. The molecule has 0 aliphatic heterocycles. The molecule has 0 aromatic heterocycles. The number of fused-ring (bicyclic) bond motifs is 2. The quantitative estimate of drug-likeness (QED) is 0.143. The van der Waals surface area contributed by atoms with Crippen LogP contribution in [0.25, 0.3) is 10.8 Å². The van der Waals surface area contributed by atoms with E-state index in [9.17, 15) is 9.59 Å². The van der Waals surface area contributed by atoms with Crippen LogP contribution in [0.1, 0.15) is 25.0 Å². The molecule has 0 saturated carbocycles. The molecule has 9 nitrogen and oxygen atoms in total. The normalized spacial score (nSPS) is 13.6. The summed E-state index contributed by atoms with van der Waals surface area (Å²) in [7, 11) is 3.07. The van der Waals surface area contributed by atoms with Crippen LogP contribution in [0.3, 0.4) is 0 Å². The second-order valence-electron chi connectivity index (χ2n) is 10.8. The highest BCUT2D eigenvalue weighted by atomic mass is 16.6. The molecule has 3 aromatic carbocycles. The van der Waals surface area contributed by atoms with Crippen molar-refractivity contribution < 1.29 is 42.7 Å². The van der Waals surface area contributed by atoms with Crippen molar-refractivity contribution in [2.75, 3.05) is 40.6 Å². The lowest BCUT2D eigenvalue weighted by Crippen LogP contribution is -2.30. The second kappa shape index (κ2) is 15.9. The van der Waals surface area contributed by atoms with Crippen molar-refractivity contribution in [1.29, 1.82) is 0 Å². The third kappa shape index (κ3) is 8.74. The van der Waals surface area contributed by atoms with Crippen LogP contribution >= 0.6 is 0 Å². The molecule has 45 heavy (non-hydrogen) atoms. The summed E-state index contributed by atoms with van der Waals surface area (Å²) in [5, 5.41) is 1.62. The van der Waals surface area contributed by atoms with Gasteiger partial charge in [0, 0.05) is 53.7 Å². The maximum absolute atomic E-state index is 12.3. The first-order valence-corrected chi connectivity index (χ1v) is 14.7. The Hall–Kier alpha value is -4.60. The Kier molecular flexibility index (Phi) is 11.8. The van der Waals surface area contributed by atoms with E-state index >= 15 is 0 Å². The van der Waals surface area contributed by atoms with Crippen LogP contribution in [0.2, 0.25) is 0 Å². The number of hydrogen-bond donors (Lipinski definition) is 0. The van der Waals surface area contributed by atoms with Crippen LogP contribution in [0, 0.1) is 0 Å². The van der Waals surface area contributed by atoms with Crippen LogP contribution in [0.5, 0.6) is 17.2 Å². The Bertz CT molecular complexity index is 1560. The summed E-state index contributed by atoms with van der Waals surface area (Å²) in [6.45, 7) is 10.9. The van der Waals surface area contributed by atoms with Gasteiger partial charge >= 0.3 is 11.9 Å². The van der Waals surface area contributed by atoms with E-state index in [1.165, 1.54) is 14.2 Å². The monoisotopic (exact) mass is 616 g/mol. The lowest BCUT2D eigenvalue weighted by molar-refractivity contribution is -0.149. The fourth-order valence-corrected chi connectivity index (χ4v) is 4.85. The van der Waals surface area contributed by atoms with Crippen LogP contribution in [0.4, 0.5) is 0 Å². The number of allylic oxidation sites excluding steroid dienone is 2. The maximum Gasteiger partial charge on any atom is 0.333 e. The first-order chi connectivity index (χ1) is 21.7. The first-order valence-electron chi connectivity index (χ1n) is 14.7. The van der Waals surface area contributed by atoms with Crippen molar-refractivity contribution in [2.45, 2.75) is 38.9 Å². The number of para-hydroxylation sites is 1. The molecule has 0 saturated heterocycles. The summed E-state index contributed by atoms with van der Waals surface area (Å²) in [5.41, 5.74) is 2.36. The van der Waals surface area contributed by atoms with Crippen molar-refractivity contribution in [3.05, 3.63) is 102 Å². The maximum atomic E-state index is 12.3. The highest BCUT2D eigenvalue weighted by molar-refractivity contribution is 5.96. The molecule has 0 spiro atoms. The minimum Gasteiger partial charge on any atom is -0.489 e. The smallest absolute Gasteiger partial charge is 0.333 e. The zero-order valence-corrected chi connectivity index (χ0v) is 26.3. The molecule has 4 rings (SSSR count). The minimum atomic E-state index is -0.665. The molecular formula is C36H40O9. The summed E-state index contributed by atoms with van der Waals surface area (Å²) >= 11 is 0. The molecule has 238 valence electrons. The van der Waals surface area contributed by atoms with E-state index < -0.39 is 24.1 Å². The number of ether oxygens (including phenoxy) is 7. The number of hydrogen-bond acceptors (Lipinski definition) is 9. The molecule has 3 aromatic rings. The number of esters is 2. The molecule has 0 fully saturated rings. The van der Waals surface area contributed by atoms with E-state index in [0.717, 1.165) is 33.4 Å². The number of benzene rings is 3. The van der Waals surface area contributed by atoms with Crippen molar-refractivity contribution in [3.63, 3.8) is 0 Å². The molecule has 0 N–H and O–H groups in total. The van der Waals surface area contributed by atoms with Gasteiger partial charge in [0.1, 0.15) is 36.2 Å². The molecule has 0 amide bonds. The van der Waals surface area contributed by atoms with Crippen molar-refractivity contribution in [2.24, 2.45) is 0 Å². The van der Waals surface area contributed by atoms with Gasteiger partial charge in [-0.05, 0) is 38.5 Å². The number of carbonyl (C=O) groups excluding carboxylic acids is 2. The largest absolute Gasteiger partial charge is 0.489 e. The molecule has 2 atom stereocenters. The van der Waals surface area contributed by atoms with Crippen molar-refractivity contribution in [3.8, 4) is 17.2 Å². The summed E-state index contributed by atoms with van der Waals surface area (Å²) in [6.07, 6.45) is 1.63. The van der Waals surface area contributed by atoms with Crippen molar-refractivity contribution in [1.82, 2.24) is 0 Å². The average Bonchev–Trinajstić information content (AvgIpc) is 3.03. The summed E-state index contributed by atoms with van der Waals surface area (Å²) in [5.74, 6) is 1.73. The van der Waals surface area contributed by atoms with E-state index in [1.54, 1.807) is 13.8 Å². The molecule has 0 heterocycles. The Morgan fingerprint density at radius 2 is 1.20 bits per heavy atom. The Morgan fingerprint density at radius 3 is 1.69 bits per heavy atom. The van der Waals surface area contributed by atoms with Crippen LogP contribution in [0.15, 0.2) is 90.7 Å². The van der Waals surface area contributed by atoms with Crippen LogP contribution in [-0.4, -0.2) is 64.8 Å². The molecule has 0 bridgehead atoms. The molecule has 9 heteroatoms. The van der Waals surface area contributed by atoms with Crippen molar-refractivity contribution >= 4 is 22.7 Å². The van der Waals surface area contributed by atoms with Gasteiger partial charge < -0.3 is 33.2 Å². The third-order valence-corrected chi connectivity index (χ3v) is 6.98. The Morgan fingerprint density at radius 1 is 0.711 bits per heavy atom. The minimum absolute atomic E-state index is 0.0505. The topological polar surface area (TPSA) is 98.8 Å². The van der Waals surface area contributed by atoms with Gasteiger partial charge in [0.25, 0.3) is 0 Å². The van der Waals surface area contributed by atoms with E-state index in [-0.39, 0.29) is 37.6 Å². The van der Waals surface area contributed by atoms with Gasteiger partial charge in [-0.1, -0.05) is 55.6 Å². The van der Waals surface area contributed by atoms with Gasteiger partial charge in [-0.25, -0.2) is 9.59 Å². The van der Waals surface area contributed by atoms with Gasteiger partial charge in [-0.15, -0.1) is 0 Å². The molecular weight excluding hydrogens is 576 g/mol. The fraction of sp³-hybridized carbons (Fsp3) is 0.333. The van der Waals surface area contributed by atoms with E-state index in [0.29, 0.717) is 24.3 Å². The van der Waals surface area contributed by atoms with E-state index in [2.05, 4.69) is 13.2 Å². The van der Waals surface area contributed by atoms with Gasteiger partial charge in [0.05, 0.1) is 13.2 Å². The Labute approximate surface area is 264 Å². The average molecular weight is 617 g/mol. The lowest BCUT2D eigenvalue weighted by Gasteiger charge is -2.27. The third-order valence-electron chi connectivity index (χ3n) is 6.98. The standard InChI is InChI=1S/C36H40O9/c1-23(2)35(37)44-27(19-39-5)21-41-33-29-14-10-11-15-30(29)34(42-22-28(20-40-6)45-36(38)24(3)4)32-18-26(16-17-31(32)33)43-25-12-8-7-9-13-25/h7-16,27-28H,1,3,17-22H2,2,4-6H3. The highest BCUT2D eigenvalue weighted by Crippen LogP contribution is 2.44. The molecule has 2 unspecified atom stereocenters.